The van der Waals surface area contributed by atoms with Gasteiger partial charge >= 0.3 is 5.69 Å². The molecule has 0 atom stereocenters. The maximum atomic E-state index is 11.6. The molecule has 2 saturated heterocycles. The summed E-state index contributed by atoms with van der Waals surface area (Å²) in [5.74, 6) is 1.08. The van der Waals surface area contributed by atoms with E-state index in [1.807, 2.05) is 13.0 Å². The largest absolute Gasteiger partial charge is 0.356 e. The molecule has 0 aromatic carbocycles. The molecule has 21 heavy (non-hydrogen) atoms. The highest BCUT2D eigenvalue weighted by molar-refractivity contribution is 5.51. The number of nitrogens with one attached hydrogen (secondary N) is 1. The van der Waals surface area contributed by atoms with Gasteiger partial charge in [-0.25, -0.2) is 19.3 Å². The van der Waals surface area contributed by atoms with Crippen LogP contribution in [0.2, 0.25) is 0 Å². The van der Waals surface area contributed by atoms with E-state index in [1.165, 1.54) is 4.40 Å². The van der Waals surface area contributed by atoms with Crippen LogP contribution in [-0.4, -0.2) is 51.7 Å². The Bertz CT molecular complexity index is 721. The summed E-state index contributed by atoms with van der Waals surface area (Å²) < 4.78 is 12.9. The third-order valence-electron chi connectivity index (χ3n) is 4.22. The maximum Gasteiger partial charge on any atom is 0.349 e. The summed E-state index contributed by atoms with van der Waals surface area (Å²) in [4.78, 5) is 18.3. The second kappa shape index (κ2) is 4.54. The van der Waals surface area contributed by atoms with E-state index in [0.717, 1.165) is 31.7 Å². The van der Waals surface area contributed by atoms with Gasteiger partial charge in [-0.3, -0.25) is 0 Å². The molecule has 0 saturated carbocycles. The number of hydrogen-bond acceptors (Lipinski definition) is 6. The number of aryl methyl sites for hydroxylation is 1. The molecule has 2 aliphatic heterocycles. The van der Waals surface area contributed by atoms with Crippen LogP contribution >= 0.6 is 0 Å². The number of aromatic amines is 1. The van der Waals surface area contributed by atoms with Crippen molar-refractivity contribution in [2.45, 2.75) is 25.6 Å². The van der Waals surface area contributed by atoms with Gasteiger partial charge in [0.2, 0.25) is 0 Å². The molecule has 2 aromatic rings. The fourth-order valence-electron chi connectivity index (χ4n) is 3.11. The Labute approximate surface area is 120 Å². The predicted molar refractivity (Wildman–Crippen MR) is 74.4 cm³/mol. The van der Waals surface area contributed by atoms with Crippen molar-refractivity contribution >= 4 is 11.5 Å². The van der Waals surface area contributed by atoms with Crippen molar-refractivity contribution in [3.8, 4) is 0 Å². The lowest BCUT2D eigenvalue weighted by Gasteiger charge is -2.38. The lowest BCUT2D eigenvalue weighted by atomic mass is 10.0. The number of aromatic nitrogens is 4. The zero-order valence-corrected chi connectivity index (χ0v) is 11.8. The summed E-state index contributed by atoms with van der Waals surface area (Å²) in [6.07, 6.45) is 1.65. The summed E-state index contributed by atoms with van der Waals surface area (Å²) in [6, 6.07) is 1.83. The Hall–Kier alpha value is -1.93. The second-order valence-corrected chi connectivity index (χ2v) is 5.48. The fraction of sp³-hybridized carbons (Fsp3) is 0.615. The van der Waals surface area contributed by atoms with Gasteiger partial charge in [0.05, 0.1) is 13.2 Å². The van der Waals surface area contributed by atoms with E-state index >= 15 is 0 Å². The minimum Gasteiger partial charge on any atom is -0.356 e. The third-order valence-corrected chi connectivity index (χ3v) is 4.22. The van der Waals surface area contributed by atoms with E-state index in [1.54, 1.807) is 0 Å². The highest BCUT2D eigenvalue weighted by Gasteiger charge is 2.40. The van der Waals surface area contributed by atoms with Crippen LogP contribution in [0.5, 0.6) is 0 Å². The van der Waals surface area contributed by atoms with Crippen LogP contribution in [0.15, 0.2) is 10.9 Å². The number of H-pyrrole nitrogens is 1. The quantitative estimate of drug-likeness (QED) is 0.800. The molecule has 0 amide bonds. The summed E-state index contributed by atoms with van der Waals surface area (Å²) >= 11 is 0. The minimum atomic E-state index is -0.390. The second-order valence-electron chi connectivity index (χ2n) is 5.48. The molecule has 112 valence electrons. The average Bonchev–Trinajstić information content (AvgIpc) is 3.08. The van der Waals surface area contributed by atoms with Gasteiger partial charge in [-0.1, -0.05) is 0 Å². The molecule has 0 aliphatic carbocycles. The van der Waals surface area contributed by atoms with Crippen LogP contribution in [-0.2, 0) is 9.47 Å². The normalized spacial score (nSPS) is 21.5. The monoisotopic (exact) mass is 291 g/mol. The number of hydrogen-bond donors (Lipinski definition) is 1. The van der Waals surface area contributed by atoms with Crippen LogP contribution in [0.3, 0.4) is 0 Å². The first-order valence-corrected chi connectivity index (χ1v) is 7.15. The molecule has 2 fully saturated rings. The lowest BCUT2D eigenvalue weighted by molar-refractivity contribution is -0.169. The van der Waals surface area contributed by atoms with Crippen molar-refractivity contribution in [2.75, 3.05) is 31.2 Å². The van der Waals surface area contributed by atoms with Gasteiger partial charge in [0.15, 0.2) is 11.4 Å². The molecule has 8 heteroatoms. The third kappa shape index (κ3) is 2.02. The zero-order chi connectivity index (χ0) is 14.4. The molecular weight excluding hydrogens is 274 g/mol. The summed E-state index contributed by atoms with van der Waals surface area (Å²) in [5, 5.41) is 6.46. The Kier molecular flexibility index (Phi) is 2.76. The fourth-order valence-corrected chi connectivity index (χ4v) is 3.11. The molecule has 0 bridgehead atoms. The Morgan fingerprint density at radius 3 is 2.71 bits per heavy atom. The van der Waals surface area contributed by atoms with Gasteiger partial charge < -0.3 is 14.4 Å². The van der Waals surface area contributed by atoms with Crippen LogP contribution < -0.4 is 10.6 Å². The van der Waals surface area contributed by atoms with Gasteiger partial charge in [-0.05, 0) is 6.92 Å². The number of fused-ring (bicyclic) bond motifs is 1. The summed E-state index contributed by atoms with van der Waals surface area (Å²) in [7, 11) is 0. The van der Waals surface area contributed by atoms with E-state index in [4.69, 9.17) is 9.47 Å². The van der Waals surface area contributed by atoms with E-state index < -0.39 is 0 Å². The number of ether oxygens (including phenoxy) is 2. The molecular formula is C13H17N5O3. The van der Waals surface area contributed by atoms with Gasteiger partial charge in [0.1, 0.15) is 11.6 Å². The van der Waals surface area contributed by atoms with Crippen LogP contribution in [0.4, 0.5) is 5.82 Å². The van der Waals surface area contributed by atoms with Gasteiger partial charge in [-0.2, -0.15) is 5.10 Å². The van der Waals surface area contributed by atoms with Crippen LogP contribution in [0.1, 0.15) is 18.7 Å². The standard InChI is InChI=1S/C13H17N5O3/c1-9-14-10(8-11-15-16-12(19)18(9)11)17-4-2-13(3-5-17)20-6-7-21-13/h8H,2-7H2,1H3,(H,16,19). The van der Waals surface area contributed by atoms with Gasteiger partial charge in [-0.15, -0.1) is 0 Å². The van der Waals surface area contributed by atoms with Crippen molar-refractivity contribution in [1.29, 1.82) is 0 Å². The first-order valence-electron chi connectivity index (χ1n) is 7.15. The summed E-state index contributed by atoms with van der Waals surface area (Å²) in [6.45, 7) is 4.80. The van der Waals surface area contributed by atoms with E-state index in [-0.39, 0.29) is 11.5 Å². The smallest absolute Gasteiger partial charge is 0.349 e. The minimum absolute atomic E-state index is 0.257. The van der Waals surface area contributed by atoms with Crippen molar-refractivity contribution in [3.05, 3.63) is 22.4 Å². The maximum absolute atomic E-state index is 11.6. The number of anilines is 1. The predicted octanol–water partition coefficient (Wildman–Crippen LogP) is 0.0693. The molecule has 4 rings (SSSR count). The molecule has 2 aliphatic rings. The zero-order valence-electron chi connectivity index (χ0n) is 11.8. The van der Waals surface area contributed by atoms with Gasteiger partial charge in [0, 0.05) is 32.0 Å². The number of rotatable bonds is 1. The van der Waals surface area contributed by atoms with Crippen molar-refractivity contribution < 1.29 is 9.47 Å². The van der Waals surface area contributed by atoms with Crippen molar-refractivity contribution in [2.24, 2.45) is 0 Å². The first kappa shape index (κ1) is 12.8. The van der Waals surface area contributed by atoms with Gasteiger partial charge in [0.25, 0.3) is 0 Å². The highest BCUT2D eigenvalue weighted by Crippen LogP contribution is 2.32. The highest BCUT2D eigenvalue weighted by atomic mass is 16.7. The van der Waals surface area contributed by atoms with E-state index in [0.29, 0.717) is 24.7 Å². The first-order chi connectivity index (χ1) is 10.2. The Morgan fingerprint density at radius 2 is 2.00 bits per heavy atom. The Balaban J connectivity index is 1.61. The number of piperidine rings is 1. The topological polar surface area (TPSA) is 84.8 Å². The number of nitrogens with zero attached hydrogens (tertiary/aromatic N) is 4. The molecule has 2 aromatic heterocycles. The van der Waals surface area contributed by atoms with E-state index in [2.05, 4.69) is 20.1 Å². The molecule has 1 N–H and O–H groups in total. The molecule has 4 heterocycles. The Morgan fingerprint density at radius 1 is 1.29 bits per heavy atom. The van der Waals surface area contributed by atoms with E-state index in [9.17, 15) is 4.79 Å². The van der Waals surface area contributed by atoms with Crippen molar-refractivity contribution in [1.82, 2.24) is 19.6 Å². The molecule has 8 nitrogen and oxygen atoms in total. The molecule has 0 radical (unpaired) electrons. The summed E-state index contributed by atoms with van der Waals surface area (Å²) in [5.41, 5.74) is 0.336. The van der Waals surface area contributed by atoms with Crippen molar-refractivity contribution in [3.63, 3.8) is 0 Å². The SMILES string of the molecule is Cc1nc(N2CCC3(CC2)OCCO3)cc2n[nH]c(=O)n12. The average molecular weight is 291 g/mol. The molecule has 0 unspecified atom stereocenters. The van der Waals surface area contributed by atoms with Crippen LogP contribution in [0, 0.1) is 6.92 Å². The van der Waals surface area contributed by atoms with Crippen LogP contribution in [0.25, 0.3) is 5.65 Å². The molecule has 1 spiro atoms. The lowest BCUT2D eigenvalue weighted by Crippen LogP contribution is -2.45.